The zero-order valence-electron chi connectivity index (χ0n) is 11.8. The highest BCUT2D eigenvalue weighted by molar-refractivity contribution is 9.10. The molecule has 0 atom stereocenters. The minimum Gasteiger partial charge on any atom is -0.378 e. The van der Waals surface area contributed by atoms with Crippen LogP contribution in [0, 0.1) is 6.92 Å². The van der Waals surface area contributed by atoms with Crippen LogP contribution in [0.1, 0.15) is 15.9 Å². The molecule has 1 amide bonds. The van der Waals surface area contributed by atoms with Gasteiger partial charge in [-0.05, 0) is 64.8 Å². The number of nitrogens with zero attached hydrogens (tertiary/aromatic N) is 1. The van der Waals surface area contributed by atoms with Gasteiger partial charge < -0.3 is 10.2 Å². The van der Waals surface area contributed by atoms with Crippen molar-refractivity contribution in [3.8, 4) is 0 Å². The molecule has 0 unspecified atom stereocenters. The van der Waals surface area contributed by atoms with E-state index >= 15 is 0 Å². The van der Waals surface area contributed by atoms with Crippen LogP contribution in [0.25, 0.3) is 0 Å². The first-order valence-corrected chi connectivity index (χ1v) is 7.11. The number of hydrogen-bond donors (Lipinski definition) is 1. The van der Waals surface area contributed by atoms with Gasteiger partial charge in [0.25, 0.3) is 5.91 Å². The Morgan fingerprint density at radius 1 is 1.10 bits per heavy atom. The summed E-state index contributed by atoms with van der Waals surface area (Å²) in [5.41, 5.74) is 3.63. The molecule has 2 aromatic carbocycles. The summed E-state index contributed by atoms with van der Waals surface area (Å²) in [5, 5.41) is 2.90. The second kappa shape index (κ2) is 6.09. The topological polar surface area (TPSA) is 32.3 Å². The van der Waals surface area contributed by atoms with Gasteiger partial charge in [-0.1, -0.05) is 6.07 Å². The van der Waals surface area contributed by atoms with E-state index in [0.29, 0.717) is 5.56 Å². The predicted molar refractivity (Wildman–Crippen MR) is 87.6 cm³/mol. The van der Waals surface area contributed by atoms with Crippen LogP contribution in [0.2, 0.25) is 0 Å². The second-order valence-electron chi connectivity index (χ2n) is 4.88. The van der Waals surface area contributed by atoms with Crippen LogP contribution in [0.4, 0.5) is 11.4 Å². The Kier molecular flexibility index (Phi) is 4.45. The Morgan fingerprint density at radius 3 is 2.30 bits per heavy atom. The van der Waals surface area contributed by atoms with Gasteiger partial charge in [0.05, 0.1) is 5.56 Å². The molecule has 4 heteroatoms. The van der Waals surface area contributed by atoms with Crippen molar-refractivity contribution in [2.45, 2.75) is 6.92 Å². The number of anilines is 2. The summed E-state index contributed by atoms with van der Waals surface area (Å²) < 4.78 is 0.805. The summed E-state index contributed by atoms with van der Waals surface area (Å²) in [5.74, 6) is -0.116. The smallest absolute Gasteiger partial charge is 0.256 e. The second-order valence-corrected chi connectivity index (χ2v) is 5.73. The van der Waals surface area contributed by atoms with Gasteiger partial charge in [0.1, 0.15) is 0 Å². The lowest BCUT2D eigenvalue weighted by molar-refractivity contribution is 0.102. The van der Waals surface area contributed by atoms with Crippen molar-refractivity contribution >= 4 is 33.2 Å². The molecular weight excluding hydrogens is 316 g/mol. The Morgan fingerprint density at radius 2 is 1.75 bits per heavy atom. The number of aryl methyl sites for hydroxylation is 1. The minimum absolute atomic E-state index is 0.116. The molecule has 0 aromatic heterocycles. The maximum Gasteiger partial charge on any atom is 0.256 e. The lowest BCUT2D eigenvalue weighted by atomic mass is 10.1. The zero-order chi connectivity index (χ0) is 14.7. The fourth-order valence-corrected chi connectivity index (χ4v) is 2.52. The summed E-state index contributed by atoms with van der Waals surface area (Å²) in [6.45, 7) is 1.99. The molecule has 0 aliphatic carbocycles. The number of nitrogens with one attached hydrogen (secondary N) is 1. The van der Waals surface area contributed by atoms with Crippen LogP contribution in [-0.4, -0.2) is 20.0 Å². The van der Waals surface area contributed by atoms with E-state index in [0.717, 1.165) is 21.4 Å². The molecule has 3 nitrogen and oxygen atoms in total. The number of carbonyl (C=O) groups is 1. The van der Waals surface area contributed by atoms with E-state index in [9.17, 15) is 4.79 Å². The van der Waals surface area contributed by atoms with E-state index in [1.165, 1.54) is 0 Å². The van der Waals surface area contributed by atoms with Crippen LogP contribution in [0.15, 0.2) is 46.9 Å². The molecule has 0 radical (unpaired) electrons. The van der Waals surface area contributed by atoms with E-state index in [-0.39, 0.29) is 5.91 Å². The molecule has 0 saturated carbocycles. The number of halogens is 1. The van der Waals surface area contributed by atoms with Crippen LogP contribution < -0.4 is 10.2 Å². The predicted octanol–water partition coefficient (Wildman–Crippen LogP) is 4.08. The van der Waals surface area contributed by atoms with E-state index < -0.39 is 0 Å². The lowest BCUT2D eigenvalue weighted by Crippen LogP contribution is -2.13. The summed E-state index contributed by atoms with van der Waals surface area (Å²) in [4.78, 5) is 14.2. The maximum absolute atomic E-state index is 12.2. The summed E-state index contributed by atoms with van der Waals surface area (Å²) in [6, 6.07) is 13.4. The average molecular weight is 333 g/mol. The lowest BCUT2D eigenvalue weighted by Gasteiger charge is -2.13. The highest BCUT2D eigenvalue weighted by Gasteiger charge is 2.10. The van der Waals surface area contributed by atoms with Gasteiger partial charge in [0, 0.05) is 29.9 Å². The number of rotatable bonds is 3. The normalized spacial score (nSPS) is 10.2. The van der Waals surface area contributed by atoms with Crippen molar-refractivity contribution in [3.63, 3.8) is 0 Å². The molecule has 2 aromatic rings. The Balaban J connectivity index is 2.15. The Hall–Kier alpha value is -1.81. The molecule has 0 fully saturated rings. The molecule has 0 saturated heterocycles. The monoisotopic (exact) mass is 332 g/mol. The Labute approximate surface area is 127 Å². The maximum atomic E-state index is 12.2. The largest absolute Gasteiger partial charge is 0.378 e. The molecule has 0 aliphatic rings. The molecule has 0 aliphatic heterocycles. The minimum atomic E-state index is -0.116. The van der Waals surface area contributed by atoms with E-state index in [2.05, 4.69) is 21.2 Å². The number of benzene rings is 2. The number of hydrogen-bond acceptors (Lipinski definition) is 2. The third-order valence-electron chi connectivity index (χ3n) is 3.01. The first kappa shape index (κ1) is 14.6. The summed E-state index contributed by atoms with van der Waals surface area (Å²) >= 11 is 3.42. The summed E-state index contributed by atoms with van der Waals surface area (Å²) in [7, 11) is 3.97. The number of carbonyl (C=O) groups excluding carboxylic acids is 1. The van der Waals surface area contributed by atoms with Gasteiger partial charge in [0.15, 0.2) is 0 Å². The number of amides is 1. The van der Waals surface area contributed by atoms with Crippen molar-refractivity contribution in [1.29, 1.82) is 0 Å². The van der Waals surface area contributed by atoms with Crippen LogP contribution in [-0.2, 0) is 0 Å². The van der Waals surface area contributed by atoms with Gasteiger partial charge in [-0.25, -0.2) is 0 Å². The fraction of sp³-hybridized carbons (Fsp3) is 0.188. The Bertz CT molecular complexity index is 621. The average Bonchev–Trinajstić information content (AvgIpc) is 2.39. The first-order valence-electron chi connectivity index (χ1n) is 6.32. The molecular formula is C16H17BrN2O. The van der Waals surface area contributed by atoms with Crippen LogP contribution >= 0.6 is 15.9 Å². The highest BCUT2D eigenvalue weighted by Crippen LogP contribution is 2.21. The molecule has 104 valence electrons. The van der Waals surface area contributed by atoms with Crippen LogP contribution in [0.3, 0.4) is 0 Å². The molecule has 0 spiro atoms. The molecule has 0 bridgehead atoms. The van der Waals surface area contributed by atoms with Crippen molar-refractivity contribution in [2.75, 3.05) is 24.3 Å². The summed E-state index contributed by atoms with van der Waals surface area (Å²) in [6.07, 6.45) is 0. The SMILES string of the molecule is Cc1ccc(C(=O)Nc2ccc(N(C)C)cc2)c(Br)c1. The van der Waals surface area contributed by atoms with Crippen molar-refractivity contribution in [2.24, 2.45) is 0 Å². The third-order valence-corrected chi connectivity index (χ3v) is 3.67. The van der Waals surface area contributed by atoms with Gasteiger partial charge in [-0.3, -0.25) is 4.79 Å². The van der Waals surface area contributed by atoms with Gasteiger partial charge in [-0.15, -0.1) is 0 Å². The molecule has 1 N–H and O–H groups in total. The quantitative estimate of drug-likeness (QED) is 0.918. The first-order chi connectivity index (χ1) is 9.47. The van der Waals surface area contributed by atoms with Crippen molar-refractivity contribution in [1.82, 2.24) is 0 Å². The van der Waals surface area contributed by atoms with E-state index in [1.807, 2.05) is 68.4 Å². The van der Waals surface area contributed by atoms with E-state index in [4.69, 9.17) is 0 Å². The zero-order valence-corrected chi connectivity index (χ0v) is 13.4. The van der Waals surface area contributed by atoms with Gasteiger partial charge in [0.2, 0.25) is 0 Å². The fourth-order valence-electron chi connectivity index (χ4n) is 1.85. The van der Waals surface area contributed by atoms with Gasteiger partial charge >= 0.3 is 0 Å². The van der Waals surface area contributed by atoms with E-state index in [1.54, 1.807) is 0 Å². The molecule has 20 heavy (non-hydrogen) atoms. The van der Waals surface area contributed by atoms with Crippen molar-refractivity contribution in [3.05, 3.63) is 58.1 Å². The van der Waals surface area contributed by atoms with Crippen molar-refractivity contribution < 1.29 is 4.79 Å². The molecule has 2 rings (SSSR count). The molecule has 0 heterocycles. The van der Waals surface area contributed by atoms with Gasteiger partial charge in [-0.2, -0.15) is 0 Å². The van der Waals surface area contributed by atoms with Crippen LogP contribution in [0.5, 0.6) is 0 Å². The standard InChI is InChI=1S/C16H17BrN2O/c1-11-4-9-14(15(17)10-11)16(20)18-12-5-7-13(8-6-12)19(2)3/h4-10H,1-3H3,(H,18,20). The highest BCUT2D eigenvalue weighted by atomic mass is 79.9. The third kappa shape index (κ3) is 3.39.